The van der Waals surface area contributed by atoms with Crippen molar-refractivity contribution in [2.75, 3.05) is 9.62 Å². The standard InChI is InChI=1S/C23H22N2O3S/c1-16-15-18-9-6-7-14-22(18)25(16)23(26)20-12-8-13-21(17(20)2)24-29(27,28)19-10-4-3-5-11-19/h3-14,16,24H,15H2,1-2H3/t16-/m1/s1. The van der Waals surface area contributed by atoms with Crippen LogP contribution in [-0.2, 0) is 16.4 Å². The van der Waals surface area contributed by atoms with Gasteiger partial charge in [0.25, 0.3) is 15.9 Å². The minimum absolute atomic E-state index is 0.0453. The Kier molecular flexibility index (Phi) is 4.88. The van der Waals surface area contributed by atoms with Crippen LogP contribution >= 0.6 is 0 Å². The molecule has 0 unspecified atom stereocenters. The predicted molar refractivity (Wildman–Crippen MR) is 115 cm³/mol. The van der Waals surface area contributed by atoms with Crippen molar-refractivity contribution >= 4 is 27.3 Å². The van der Waals surface area contributed by atoms with Crippen molar-refractivity contribution in [3.63, 3.8) is 0 Å². The third-order valence-electron chi connectivity index (χ3n) is 5.29. The van der Waals surface area contributed by atoms with Crippen LogP contribution in [0.15, 0.2) is 77.7 Å². The van der Waals surface area contributed by atoms with E-state index in [1.54, 1.807) is 48.2 Å². The normalized spacial score (nSPS) is 15.8. The second kappa shape index (κ2) is 7.37. The Labute approximate surface area is 171 Å². The van der Waals surface area contributed by atoms with Gasteiger partial charge in [0.1, 0.15) is 0 Å². The number of rotatable bonds is 4. The molecule has 3 aromatic carbocycles. The van der Waals surface area contributed by atoms with Gasteiger partial charge in [-0.3, -0.25) is 9.52 Å². The molecule has 1 amide bonds. The van der Waals surface area contributed by atoms with Gasteiger partial charge in [0.15, 0.2) is 0 Å². The zero-order valence-corrected chi connectivity index (χ0v) is 17.1. The third-order valence-corrected chi connectivity index (χ3v) is 6.67. The lowest BCUT2D eigenvalue weighted by Gasteiger charge is -2.24. The monoisotopic (exact) mass is 406 g/mol. The highest BCUT2D eigenvalue weighted by Gasteiger charge is 2.32. The molecule has 1 aliphatic heterocycles. The summed E-state index contributed by atoms with van der Waals surface area (Å²) in [4.78, 5) is 15.4. The molecule has 0 spiro atoms. The van der Waals surface area contributed by atoms with E-state index in [1.807, 2.05) is 31.2 Å². The average Bonchev–Trinajstić information content (AvgIpc) is 3.05. The summed E-state index contributed by atoms with van der Waals surface area (Å²) in [6, 6.07) is 21.2. The first-order chi connectivity index (χ1) is 13.9. The lowest BCUT2D eigenvalue weighted by atomic mass is 10.1. The maximum Gasteiger partial charge on any atom is 0.261 e. The van der Waals surface area contributed by atoms with Gasteiger partial charge in [0.2, 0.25) is 0 Å². The first kappa shape index (κ1) is 19.2. The first-order valence-corrected chi connectivity index (χ1v) is 11.0. The number of nitrogens with one attached hydrogen (secondary N) is 1. The van der Waals surface area contributed by atoms with Crippen LogP contribution < -0.4 is 9.62 Å². The molecule has 0 bridgehead atoms. The molecule has 0 saturated heterocycles. The van der Waals surface area contributed by atoms with E-state index in [1.165, 1.54) is 12.1 Å². The highest BCUT2D eigenvalue weighted by molar-refractivity contribution is 7.92. The Balaban J connectivity index is 1.68. The van der Waals surface area contributed by atoms with E-state index in [9.17, 15) is 13.2 Å². The number of anilines is 2. The van der Waals surface area contributed by atoms with E-state index >= 15 is 0 Å². The summed E-state index contributed by atoms with van der Waals surface area (Å²) in [7, 11) is -3.73. The number of amides is 1. The number of carbonyl (C=O) groups is 1. The number of hydrogen-bond donors (Lipinski definition) is 1. The Bertz CT molecular complexity index is 1170. The van der Waals surface area contributed by atoms with Crippen molar-refractivity contribution in [2.24, 2.45) is 0 Å². The molecule has 1 N–H and O–H groups in total. The zero-order valence-electron chi connectivity index (χ0n) is 16.3. The summed E-state index contributed by atoms with van der Waals surface area (Å²) in [6.07, 6.45) is 0.807. The van der Waals surface area contributed by atoms with E-state index < -0.39 is 10.0 Å². The van der Waals surface area contributed by atoms with Gasteiger partial charge in [-0.25, -0.2) is 8.42 Å². The second-order valence-corrected chi connectivity index (χ2v) is 8.94. The van der Waals surface area contributed by atoms with Crippen molar-refractivity contribution in [3.8, 4) is 0 Å². The van der Waals surface area contributed by atoms with Crippen LogP contribution in [0.25, 0.3) is 0 Å². The van der Waals surface area contributed by atoms with Gasteiger partial charge in [-0.05, 0) is 61.7 Å². The first-order valence-electron chi connectivity index (χ1n) is 9.47. The number of para-hydroxylation sites is 1. The lowest BCUT2D eigenvalue weighted by Crippen LogP contribution is -2.36. The number of nitrogens with zero attached hydrogens (tertiary/aromatic N) is 1. The average molecular weight is 407 g/mol. The SMILES string of the molecule is Cc1c(NS(=O)(=O)c2ccccc2)cccc1C(=O)N1c2ccccc2C[C@H]1C. The minimum atomic E-state index is -3.73. The Morgan fingerprint density at radius 2 is 1.66 bits per heavy atom. The summed E-state index contributed by atoms with van der Waals surface area (Å²) in [5.41, 5.74) is 3.56. The van der Waals surface area contributed by atoms with Gasteiger partial charge in [-0.15, -0.1) is 0 Å². The largest absolute Gasteiger partial charge is 0.305 e. The number of carbonyl (C=O) groups excluding carboxylic acids is 1. The van der Waals surface area contributed by atoms with Gasteiger partial charge < -0.3 is 4.90 Å². The van der Waals surface area contributed by atoms with Crippen molar-refractivity contribution < 1.29 is 13.2 Å². The summed E-state index contributed by atoms with van der Waals surface area (Å²) < 4.78 is 28.0. The highest BCUT2D eigenvalue weighted by Crippen LogP contribution is 2.34. The molecular weight excluding hydrogens is 384 g/mol. The fraction of sp³-hybridized carbons (Fsp3) is 0.174. The quantitative estimate of drug-likeness (QED) is 0.699. The number of fused-ring (bicyclic) bond motifs is 1. The van der Waals surface area contributed by atoms with Crippen molar-refractivity contribution in [1.29, 1.82) is 0 Å². The molecule has 29 heavy (non-hydrogen) atoms. The maximum absolute atomic E-state index is 13.4. The Morgan fingerprint density at radius 1 is 0.966 bits per heavy atom. The fourth-order valence-electron chi connectivity index (χ4n) is 3.79. The molecule has 4 rings (SSSR count). The molecule has 148 valence electrons. The van der Waals surface area contributed by atoms with Gasteiger partial charge >= 0.3 is 0 Å². The molecule has 6 heteroatoms. The topological polar surface area (TPSA) is 66.5 Å². The molecule has 5 nitrogen and oxygen atoms in total. The number of hydrogen-bond acceptors (Lipinski definition) is 3. The summed E-state index contributed by atoms with van der Waals surface area (Å²) in [5.74, 6) is -0.124. The molecule has 1 heterocycles. The van der Waals surface area contributed by atoms with E-state index in [4.69, 9.17) is 0 Å². The van der Waals surface area contributed by atoms with Crippen LogP contribution in [0, 0.1) is 6.92 Å². The van der Waals surface area contributed by atoms with Crippen LogP contribution in [0.1, 0.15) is 28.4 Å². The summed E-state index contributed by atoms with van der Waals surface area (Å²) >= 11 is 0. The molecular formula is C23H22N2O3S. The smallest absolute Gasteiger partial charge is 0.261 e. The van der Waals surface area contributed by atoms with Crippen molar-refractivity contribution in [3.05, 3.63) is 89.5 Å². The van der Waals surface area contributed by atoms with Gasteiger partial charge in [0.05, 0.1) is 10.6 Å². The lowest BCUT2D eigenvalue weighted by molar-refractivity contribution is 0.0981. The van der Waals surface area contributed by atoms with Crippen molar-refractivity contribution in [1.82, 2.24) is 0 Å². The third kappa shape index (κ3) is 3.51. The molecule has 1 atom stereocenters. The molecule has 0 fully saturated rings. The minimum Gasteiger partial charge on any atom is -0.305 e. The van der Waals surface area contributed by atoms with Gasteiger partial charge in [-0.2, -0.15) is 0 Å². The van der Waals surface area contributed by atoms with Crippen LogP contribution in [0.4, 0.5) is 11.4 Å². The molecule has 0 radical (unpaired) electrons. The van der Waals surface area contributed by atoms with E-state index in [-0.39, 0.29) is 16.8 Å². The van der Waals surface area contributed by atoms with Crippen LogP contribution in [0.5, 0.6) is 0 Å². The fourth-order valence-corrected chi connectivity index (χ4v) is 4.93. The zero-order chi connectivity index (χ0) is 20.6. The predicted octanol–water partition coefficient (Wildman–Crippen LogP) is 4.39. The van der Waals surface area contributed by atoms with Crippen LogP contribution in [0.2, 0.25) is 0 Å². The Hall–Kier alpha value is -3.12. The molecule has 0 aliphatic carbocycles. The van der Waals surface area contributed by atoms with Gasteiger partial charge in [-0.1, -0.05) is 42.5 Å². The molecule has 3 aromatic rings. The molecule has 0 saturated carbocycles. The molecule has 0 aromatic heterocycles. The summed E-state index contributed by atoms with van der Waals surface area (Å²) in [5, 5.41) is 0. The van der Waals surface area contributed by atoms with Gasteiger partial charge in [0, 0.05) is 17.3 Å². The summed E-state index contributed by atoms with van der Waals surface area (Å²) in [6.45, 7) is 3.79. The van der Waals surface area contributed by atoms with E-state index in [0.717, 1.165) is 17.7 Å². The van der Waals surface area contributed by atoms with E-state index in [2.05, 4.69) is 4.72 Å². The maximum atomic E-state index is 13.4. The van der Waals surface area contributed by atoms with Crippen LogP contribution in [-0.4, -0.2) is 20.4 Å². The highest BCUT2D eigenvalue weighted by atomic mass is 32.2. The Morgan fingerprint density at radius 3 is 2.41 bits per heavy atom. The number of sulfonamides is 1. The second-order valence-electron chi connectivity index (χ2n) is 7.25. The molecule has 1 aliphatic rings. The van der Waals surface area contributed by atoms with Crippen LogP contribution in [0.3, 0.4) is 0 Å². The number of benzene rings is 3. The van der Waals surface area contributed by atoms with Crippen molar-refractivity contribution in [2.45, 2.75) is 31.2 Å². The van der Waals surface area contributed by atoms with E-state index in [0.29, 0.717) is 16.8 Å².